The van der Waals surface area contributed by atoms with E-state index in [-0.39, 0.29) is 0 Å². The van der Waals surface area contributed by atoms with Crippen molar-refractivity contribution in [3.8, 4) is 0 Å². The molecule has 0 atom stereocenters. The Morgan fingerprint density at radius 3 is 1.76 bits per heavy atom. The summed E-state index contributed by atoms with van der Waals surface area (Å²) in [5.74, 6) is 0. The molecule has 0 radical (unpaired) electrons. The van der Waals surface area contributed by atoms with Gasteiger partial charge in [-0.15, -0.1) is 0 Å². The maximum absolute atomic E-state index is 4.16. The molecule has 0 heterocycles. The van der Waals surface area contributed by atoms with Crippen LogP contribution in [0.1, 0.15) is 31.9 Å². The Labute approximate surface area is 129 Å². The predicted molar refractivity (Wildman–Crippen MR) is 96.1 cm³/mol. The third kappa shape index (κ3) is 5.27. The SMILES string of the molecule is C=C(/C=C(\C=C/C)c1ccccc1)c1ccccc1.CC. The zero-order valence-electron chi connectivity index (χ0n) is 13.2. The number of allylic oxidation sites excluding steroid dienone is 5. The normalized spacial score (nSPS) is 10.9. The van der Waals surface area contributed by atoms with Crippen LogP contribution >= 0.6 is 0 Å². The van der Waals surface area contributed by atoms with E-state index in [0.29, 0.717) is 0 Å². The van der Waals surface area contributed by atoms with Crippen molar-refractivity contribution in [3.05, 3.63) is 96.6 Å². The summed E-state index contributed by atoms with van der Waals surface area (Å²) >= 11 is 0. The van der Waals surface area contributed by atoms with Crippen LogP contribution in [0.3, 0.4) is 0 Å². The highest BCUT2D eigenvalue weighted by Crippen LogP contribution is 2.22. The Kier molecular flexibility index (Phi) is 7.60. The Balaban J connectivity index is 0.00000106. The van der Waals surface area contributed by atoms with Gasteiger partial charge in [0.25, 0.3) is 0 Å². The fourth-order valence-corrected chi connectivity index (χ4v) is 1.96. The summed E-state index contributed by atoms with van der Waals surface area (Å²) in [6.07, 6.45) is 6.30. The van der Waals surface area contributed by atoms with Crippen molar-refractivity contribution < 1.29 is 0 Å². The quantitative estimate of drug-likeness (QED) is 0.568. The Bertz CT molecular complexity index is 586. The highest BCUT2D eigenvalue weighted by Gasteiger charge is 1.99. The number of benzene rings is 2. The van der Waals surface area contributed by atoms with E-state index in [1.807, 2.05) is 45.0 Å². The monoisotopic (exact) mass is 276 g/mol. The zero-order chi connectivity index (χ0) is 15.5. The van der Waals surface area contributed by atoms with E-state index < -0.39 is 0 Å². The third-order valence-electron chi connectivity index (χ3n) is 2.93. The van der Waals surface area contributed by atoms with E-state index in [4.69, 9.17) is 0 Å². The van der Waals surface area contributed by atoms with Crippen molar-refractivity contribution in [2.75, 3.05) is 0 Å². The van der Waals surface area contributed by atoms with Crippen LogP contribution in [0, 0.1) is 0 Å². The van der Waals surface area contributed by atoms with Crippen LogP contribution in [-0.2, 0) is 0 Å². The lowest BCUT2D eigenvalue weighted by molar-refractivity contribution is 1.50. The summed E-state index contributed by atoms with van der Waals surface area (Å²) in [6.45, 7) is 10.2. The standard InChI is InChI=1S/C19H18.C2H6/c1-3-10-19(18-13-8-5-9-14-18)15-16(2)17-11-6-4-7-12-17;1-2/h3-15H,2H2,1H3;1-2H3/b10-3-,19-15+;. The molecule has 21 heavy (non-hydrogen) atoms. The van der Waals surface area contributed by atoms with Crippen molar-refractivity contribution in [2.45, 2.75) is 20.8 Å². The molecule has 0 bridgehead atoms. The van der Waals surface area contributed by atoms with Gasteiger partial charge in [-0.3, -0.25) is 0 Å². The summed E-state index contributed by atoms with van der Waals surface area (Å²) in [5, 5.41) is 0. The molecule has 0 heteroatoms. The van der Waals surface area contributed by atoms with Gasteiger partial charge in [-0.05, 0) is 35.3 Å². The lowest BCUT2D eigenvalue weighted by atomic mass is 9.99. The van der Waals surface area contributed by atoms with Crippen molar-refractivity contribution in [2.24, 2.45) is 0 Å². The van der Waals surface area contributed by atoms with Crippen LogP contribution in [0.2, 0.25) is 0 Å². The fraction of sp³-hybridized carbons (Fsp3) is 0.143. The largest absolute Gasteiger partial charge is 0.0911 e. The molecule has 2 aromatic carbocycles. The molecule has 0 aliphatic heterocycles. The summed E-state index contributed by atoms with van der Waals surface area (Å²) in [6, 6.07) is 20.6. The smallest absolute Gasteiger partial charge is 0.0181 e. The van der Waals surface area contributed by atoms with Gasteiger partial charge in [-0.2, -0.15) is 0 Å². The molecule has 0 nitrogen and oxygen atoms in total. The van der Waals surface area contributed by atoms with Gasteiger partial charge < -0.3 is 0 Å². The van der Waals surface area contributed by atoms with Crippen molar-refractivity contribution in [1.29, 1.82) is 0 Å². The molecule has 0 saturated carbocycles. The minimum absolute atomic E-state index is 1.03. The molecule has 0 unspecified atom stereocenters. The number of hydrogen-bond donors (Lipinski definition) is 0. The van der Waals surface area contributed by atoms with Gasteiger partial charge in [-0.25, -0.2) is 0 Å². The van der Waals surface area contributed by atoms with Crippen LogP contribution < -0.4 is 0 Å². The van der Waals surface area contributed by atoms with Gasteiger partial charge >= 0.3 is 0 Å². The maximum Gasteiger partial charge on any atom is -0.0181 e. The Morgan fingerprint density at radius 1 is 0.810 bits per heavy atom. The Hall–Kier alpha value is -2.34. The average Bonchev–Trinajstić information content (AvgIpc) is 2.58. The fourth-order valence-electron chi connectivity index (χ4n) is 1.96. The maximum atomic E-state index is 4.16. The second-order valence-electron chi connectivity index (χ2n) is 4.36. The van der Waals surface area contributed by atoms with Crippen molar-refractivity contribution >= 4 is 11.1 Å². The lowest BCUT2D eigenvalue weighted by Gasteiger charge is -2.05. The molecule has 0 aliphatic rings. The van der Waals surface area contributed by atoms with Crippen molar-refractivity contribution in [3.63, 3.8) is 0 Å². The van der Waals surface area contributed by atoms with Gasteiger partial charge in [0.15, 0.2) is 0 Å². The van der Waals surface area contributed by atoms with Gasteiger partial charge in [0.1, 0.15) is 0 Å². The first-order valence-corrected chi connectivity index (χ1v) is 7.45. The third-order valence-corrected chi connectivity index (χ3v) is 2.93. The van der Waals surface area contributed by atoms with Gasteiger partial charge in [-0.1, -0.05) is 93.2 Å². The molecule has 0 amide bonds. The first-order chi connectivity index (χ1) is 10.3. The Morgan fingerprint density at radius 2 is 1.29 bits per heavy atom. The molecular formula is C21H24. The van der Waals surface area contributed by atoms with Crippen LogP contribution in [0.25, 0.3) is 11.1 Å². The van der Waals surface area contributed by atoms with E-state index in [0.717, 1.165) is 11.1 Å². The van der Waals surface area contributed by atoms with Gasteiger partial charge in [0.2, 0.25) is 0 Å². The van der Waals surface area contributed by atoms with Crippen LogP contribution in [-0.4, -0.2) is 0 Å². The predicted octanol–water partition coefficient (Wildman–Crippen LogP) is 6.39. The minimum atomic E-state index is 1.03. The minimum Gasteiger partial charge on any atom is -0.0911 e. The lowest BCUT2D eigenvalue weighted by Crippen LogP contribution is -1.83. The molecule has 0 spiro atoms. The van der Waals surface area contributed by atoms with E-state index in [2.05, 4.69) is 61.2 Å². The van der Waals surface area contributed by atoms with Gasteiger partial charge in [0.05, 0.1) is 0 Å². The molecule has 108 valence electrons. The highest BCUT2D eigenvalue weighted by atomic mass is 14.0. The van der Waals surface area contributed by atoms with Crippen LogP contribution in [0.4, 0.5) is 0 Å². The molecular weight excluding hydrogens is 252 g/mol. The second kappa shape index (κ2) is 9.55. The summed E-state index contributed by atoms with van der Waals surface area (Å²) in [4.78, 5) is 0. The average molecular weight is 276 g/mol. The van der Waals surface area contributed by atoms with E-state index in [1.165, 1.54) is 11.1 Å². The van der Waals surface area contributed by atoms with Crippen molar-refractivity contribution in [1.82, 2.24) is 0 Å². The van der Waals surface area contributed by atoms with E-state index in [1.54, 1.807) is 0 Å². The van der Waals surface area contributed by atoms with Gasteiger partial charge in [0, 0.05) is 0 Å². The molecule has 0 aromatic heterocycles. The van der Waals surface area contributed by atoms with Crippen LogP contribution in [0.15, 0.2) is 85.5 Å². The zero-order valence-corrected chi connectivity index (χ0v) is 13.2. The van der Waals surface area contributed by atoms with E-state index in [9.17, 15) is 0 Å². The topological polar surface area (TPSA) is 0 Å². The highest BCUT2D eigenvalue weighted by molar-refractivity contribution is 5.86. The first kappa shape index (κ1) is 16.7. The molecule has 0 N–H and O–H groups in total. The van der Waals surface area contributed by atoms with Crippen LogP contribution in [0.5, 0.6) is 0 Å². The molecule has 0 saturated heterocycles. The molecule has 0 aliphatic carbocycles. The summed E-state index contributed by atoms with van der Waals surface area (Å²) in [5.41, 5.74) is 4.56. The second-order valence-corrected chi connectivity index (χ2v) is 4.36. The molecule has 2 aromatic rings. The first-order valence-electron chi connectivity index (χ1n) is 7.45. The number of hydrogen-bond acceptors (Lipinski definition) is 0. The summed E-state index contributed by atoms with van der Waals surface area (Å²) < 4.78 is 0. The van der Waals surface area contributed by atoms with E-state index >= 15 is 0 Å². The number of rotatable bonds is 4. The molecule has 2 rings (SSSR count). The summed E-state index contributed by atoms with van der Waals surface area (Å²) in [7, 11) is 0. The molecule has 0 fully saturated rings.